The molecular weight excluding hydrogens is 743 g/mol. The van der Waals surface area contributed by atoms with Crippen molar-refractivity contribution in [2.75, 3.05) is 0 Å². The van der Waals surface area contributed by atoms with Crippen LogP contribution in [-0.4, -0.2) is 15.0 Å². The van der Waals surface area contributed by atoms with Crippen LogP contribution in [0.1, 0.15) is 0 Å². The number of furan rings is 1. The number of hydrogen-bond acceptors (Lipinski definition) is 4. The normalized spacial score (nSPS) is 11.3. The fraction of sp³-hybridized carbons (Fsp3) is 0. The molecule has 0 saturated heterocycles. The Bertz CT molecular complexity index is 3280. The number of para-hydroxylation sites is 1. The van der Waals surface area contributed by atoms with Gasteiger partial charge in [-0.15, -0.1) is 0 Å². The van der Waals surface area contributed by atoms with Crippen molar-refractivity contribution in [2.24, 2.45) is 0 Å². The van der Waals surface area contributed by atoms with Gasteiger partial charge in [0, 0.05) is 44.2 Å². The Balaban J connectivity index is 1.09. The van der Waals surface area contributed by atoms with Crippen LogP contribution < -0.4 is 0 Å². The number of aromatic nitrogens is 3. The second kappa shape index (κ2) is 15.5. The molecular formula is C57H37N3O. The average molecular weight is 780 g/mol. The number of fused-ring (bicyclic) bond motifs is 3. The maximum Gasteiger partial charge on any atom is 0.162 e. The third-order valence-electron chi connectivity index (χ3n) is 11.3. The summed E-state index contributed by atoms with van der Waals surface area (Å²) in [6.07, 6.45) is 0. The van der Waals surface area contributed by atoms with Gasteiger partial charge in [0.05, 0.1) is 16.9 Å². The highest BCUT2D eigenvalue weighted by molar-refractivity contribution is 6.18. The Hall–Kier alpha value is -8.21. The lowest BCUT2D eigenvalue weighted by Crippen LogP contribution is -1.96. The lowest BCUT2D eigenvalue weighted by atomic mass is 9.92. The van der Waals surface area contributed by atoms with Crippen LogP contribution in [0.15, 0.2) is 229 Å². The van der Waals surface area contributed by atoms with Gasteiger partial charge in [-0.25, -0.2) is 15.0 Å². The summed E-state index contributed by atoms with van der Waals surface area (Å²) < 4.78 is 7.19. The largest absolute Gasteiger partial charge is 0.453 e. The number of hydrogen-bond donors (Lipinski definition) is 0. The van der Waals surface area contributed by atoms with Gasteiger partial charge in [0.25, 0.3) is 0 Å². The number of nitrogens with zero attached hydrogens (tertiary/aromatic N) is 3. The van der Waals surface area contributed by atoms with E-state index in [1.165, 1.54) is 0 Å². The molecule has 0 aliphatic carbocycles. The van der Waals surface area contributed by atoms with Crippen molar-refractivity contribution in [1.82, 2.24) is 15.0 Å². The van der Waals surface area contributed by atoms with Gasteiger partial charge in [-0.05, 0) is 58.1 Å². The van der Waals surface area contributed by atoms with Crippen LogP contribution in [0.3, 0.4) is 0 Å². The second-order valence-electron chi connectivity index (χ2n) is 15.2. The summed E-state index contributed by atoms with van der Waals surface area (Å²) in [5.74, 6) is 1.49. The van der Waals surface area contributed by atoms with Crippen molar-refractivity contribution in [1.29, 1.82) is 0 Å². The van der Waals surface area contributed by atoms with Gasteiger partial charge in [0.1, 0.15) is 11.5 Å². The van der Waals surface area contributed by atoms with Crippen molar-refractivity contribution < 1.29 is 4.42 Å². The van der Waals surface area contributed by atoms with Gasteiger partial charge < -0.3 is 4.42 Å². The molecule has 0 bridgehead atoms. The lowest BCUT2D eigenvalue weighted by Gasteiger charge is -2.11. The summed E-state index contributed by atoms with van der Waals surface area (Å²) in [6, 6.07) is 77.9. The molecule has 11 rings (SSSR count). The summed E-state index contributed by atoms with van der Waals surface area (Å²) in [6.45, 7) is 0. The van der Waals surface area contributed by atoms with Crippen molar-refractivity contribution in [2.45, 2.75) is 0 Å². The standard InChI is InChI=1S/C57H37N3O/c1-5-18-38(19-6-1)42-26-16-30-46(35-42)52-53-48-32-13-14-33-49(48)58-54(40-22-9-3-10-23-40)56(53)61-55(52)47-31-17-28-44(36-47)43-27-15-29-45(34-43)51-37-50(39-20-7-2-8-21-39)59-57(60-51)41-24-11-4-12-25-41/h1-37H. The summed E-state index contributed by atoms with van der Waals surface area (Å²) in [4.78, 5) is 15.4. The van der Waals surface area contributed by atoms with Gasteiger partial charge in [-0.1, -0.05) is 194 Å². The highest BCUT2D eigenvalue weighted by Crippen LogP contribution is 2.47. The third-order valence-corrected chi connectivity index (χ3v) is 11.3. The molecule has 0 atom stereocenters. The SMILES string of the molecule is c1ccc(-c2cccc(-c3c(-c4cccc(-c5cccc(-c6cc(-c7ccccc7)nc(-c7ccccc7)n6)c5)c4)oc4c(-c5ccccc5)nc5ccccc5c34)c2)cc1. The van der Waals surface area contributed by atoms with Crippen LogP contribution in [0.2, 0.25) is 0 Å². The Labute approximate surface area is 354 Å². The highest BCUT2D eigenvalue weighted by Gasteiger charge is 2.25. The Morgan fingerprint density at radius 1 is 0.311 bits per heavy atom. The molecule has 8 aromatic carbocycles. The minimum Gasteiger partial charge on any atom is -0.453 e. The first-order valence-electron chi connectivity index (χ1n) is 20.5. The second-order valence-corrected chi connectivity index (χ2v) is 15.2. The molecule has 0 N–H and O–H groups in total. The molecule has 0 radical (unpaired) electrons. The van der Waals surface area contributed by atoms with Crippen LogP contribution in [0.5, 0.6) is 0 Å². The zero-order valence-electron chi connectivity index (χ0n) is 33.1. The molecule has 0 fully saturated rings. The quantitative estimate of drug-likeness (QED) is 0.154. The van der Waals surface area contributed by atoms with E-state index >= 15 is 0 Å². The Kier molecular flexibility index (Phi) is 9.14. The van der Waals surface area contributed by atoms with Crippen molar-refractivity contribution >= 4 is 21.9 Å². The molecule has 0 unspecified atom stereocenters. The van der Waals surface area contributed by atoms with E-state index in [1.54, 1.807) is 0 Å². The molecule has 61 heavy (non-hydrogen) atoms. The smallest absolute Gasteiger partial charge is 0.162 e. The van der Waals surface area contributed by atoms with E-state index in [0.717, 1.165) is 106 Å². The van der Waals surface area contributed by atoms with Gasteiger partial charge in [0.2, 0.25) is 0 Å². The van der Waals surface area contributed by atoms with E-state index in [9.17, 15) is 0 Å². The maximum atomic E-state index is 7.19. The predicted molar refractivity (Wildman–Crippen MR) is 251 cm³/mol. The van der Waals surface area contributed by atoms with E-state index in [-0.39, 0.29) is 0 Å². The monoisotopic (exact) mass is 779 g/mol. The Morgan fingerprint density at radius 2 is 0.770 bits per heavy atom. The van der Waals surface area contributed by atoms with Gasteiger partial charge in [-0.2, -0.15) is 0 Å². The molecule has 11 aromatic rings. The van der Waals surface area contributed by atoms with Crippen LogP contribution in [0.25, 0.3) is 112 Å². The number of pyridine rings is 1. The van der Waals surface area contributed by atoms with E-state index in [2.05, 4.69) is 182 Å². The Morgan fingerprint density at radius 3 is 1.44 bits per heavy atom. The molecule has 286 valence electrons. The maximum absolute atomic E-state index is 7.19. The molecule has 0 saturated carbocycles. The van der Waals surface area contributed by atoms with Gasteiger partial charge in [0.15, 0.2) is 11.4 Å². The van der Waals surface area contributed by atoms with Gasteiger partial charge >= 0.3 is 0 Å². The first-order chi connectivity index (χ1) is 30.2. The molecule has 0 aliphatic rings. The number of rotatable bonds is 8. The molecule has 4 heteroatoms. The number of benzene rings is 8. The summed E-state index contributed by atoms with van der Waals surface area (Å²) in [7, 11) is 0. The fourth-order valence-electron chi connectivity index (χ4n) is 8.33. The molecule has 4 nitrogen and oxygen atoms in total. The lowest BCUT2D eigenvalue weighted by molar-refractivity contribution is 0.632. The fourth-order valence-corrected chi connectivity index (χ4v) is 8.33. The van der Waals surface area contributed by atoms with Crippen molar-refractivity contribution in [3.05, 3.63) is 224 Å². The van der Waals surface area contributed by atoms with Gasteiger partial charge in [-0.3, -0.25) is 0 Å². The predicted octanol–water partition coefficient (Wildman–Crippen LogP) is 15.1. The molecule has 0 spiro atoms. The topological polar surface area (TPSA) is 51.8 Å². The first-order valence-corrected chi connectivity index (χ1v) is 20.5. The van der Waals surface area contributed by atoms with Crippen LogP contribution in [0, 0.1) is 0 Å². The van der Waals surface area contributed by atoms with E-state index in [1.807, 2.05) is 42.5 Å². The van der Waals surface area contributed by atoms with Crippen LogP contribution in [-0.2, 0) is 0 Å². The zero-order valence-corrected chi connectivity index (χ0v) is 33.1. The third kappa shape index (κ3) is 6.86. The molecule has 0 amide bonds. The van der Waals surface area contributed by atoms with Crippen molar-refractivity contribution in [3.8, 4) is 89.9 Å². The molecule has 0 aliphatic heterocycles. The van der Waals surface area contributed by atoms with Crippen molar-refractivity contribution in [3.63, 3.8) is 0 Å². The first kappa shape index (κ1) is 35.9. The highest BCUT2D eigenvalue weighted by atomic mass is 16.3. The average Bonchev–Trinajstić information content (AvgIpc) is 3.76. The minimum atomic E-state index is 0.690. The minimum absolute atomic E-state index is 0.690. The summed E-state index contributed by atoms with van der Waals surface area (Å²) in [5.41, 5.74) is 15.8. The summed E-state index contributed by atoms with van der Waals surface area (Å²) >= 11 is 0. The zero-order chi connectivity index (χ0) is 40.5. The molecule has 3 heterocycles. The van der Waals surface area contributed by atoms with E-state index in [0.29, 0.717) is 5.82 Å². The van der Waals surface area contributed by atoms with Crippen LogP contribution >= 0.6 is 0 Å². The summed E-state index contributed by atoms with van der Waals surface area (Å²) in [5, 5.41) is 2.09. The van der Waals surface area contributed by atoms with Crippen LogP contribution in [0.4, 0.5) is 0 Å². The van der Waals surface area contributed by atoms with E-state index < -0.39 is 0 Å². The van der Waals surface area contributed by atoms with E-state index in [4.69, 9.17) is 19.4 Å². The molecule has 3 aromatic heterocycles.